The molecule has 6 nitrogen and oxygen atoms in total. The summed E-state index contributed by atoms with van der Waals surface area (Å²) in [5, 5.41) is 0. The standard InChI is InChI=1S/C74H118O6/c1-4-7-10-13-16-19-22-25-27-28-29-30-31-32-33-34-35-36-37-38-39-40-41-42-43-44-45-46-48-49-52-55-58-61-64-67-73(76)79-70-71(69-78-72(75)66-63-60-57-54-51-24-21-18-15-12-9-6-3)80-74(77)68-65-62-59-56-53-50-47-26-23-20-17-14-11-8-5-2/h7-8,10-11,16-17,19-20,25-27,29-30,32-33,35-36,38-39,41-42,44-45,47-49,71H,4-6,9,12-15,18,21-24,28,31,34,37,40,43,46,50-70H2,1-3H3/b10-7-,11-8-,19-16-,20-17-,27-25-,30-29-,33-32-,36-35-,39-38-,42-41-,45-44-,47-26-,49-48-. The van der Waals surface area contributed by atoms with Gasteiger partial charge in [0.25, 0.3) is 0 Å². The highest BCUT2D eigenvalue weighted by Gasteiger charge is 2.19. The monoisotopic (exact) mass is 1100 g/mol. The van der Waals surface area contributed by atoms with Crippen LogP contribution in [-0.2, 0) is 28.6 Å². The van der Waals surface area contributed by atoms with Gasteiger partial charge in [0.15, 0.2) is 6.10 Å². The molecule has 1 unspecified atom stereocenters. The first kappa shape index (κ1) is 75.0. The third-order valence-electron chi connectivity index (χ3n) is 13.3. The van der Waals surface area contributed by atoms with Crippen LogP contribution in [0.1, 0.15) is 271 Å². The molecule has 1 atom stereocenters. The van der Waals surface area contributed by atoms with E-state index in [1.807, 2.05) is 0 Å². The Labute approximate surface area is 492 Å². The van der Waals surface area contributed by atoms with E-state index in [1.54, 1.807) is 0 Å². The number of unbranched alkanes of at least 4 members (excludes halogenated alkanes) is 20. The van der Waals surface area contributed by atoms with Crippen LogP contribution < -0.4 is 0 Å². The Hall–Kier alpha value is -4.97. The Kier molecular flexibility index (Phi) is 62.4. The maximum atomic E-state index is 12.9. The number of hydrogen-bond acceptors (Lipinski definition) is 6. The molecule has 0 spiro atoms. The number of rotatable bonds is 57. The molecule has 0 heterocycles. The summed E-state index contributed by atoms with van der Waals surface area (Å²) in [6.07, 6.45) is 96.8. The zero-order chi connectivity index (χ0) is 57.8. The molecular weight excluding hydrogens is 985 g/mol. The lowest BCUT2D eigenvalue weighted by atomic mass is 10.0. The van der Waals surface area contributed by atoms with E-state index < -0.39 is 6.10 Å². The topological polar surface area (TPSA) is 78.9 Å². The molecular formula is C74H118O6. The van der Waals surface area contributed by atoms with E-state index in [2.05, 4.69) is 179 Å². The highest BCUT2D eigenvalue weighted by Crippen LogP contribution is 2.15. The van der Waals surface area contributed by atoms with Crippen LogP contribution in [0.4, 0.5) is 0 Å². The van der Waals surface area contributed by atoms with E-state index in [1.165, 1.54) is 57.8 Å². The summed E-state index contributed by atoms with van der Waals surface area (Å²) in [7, 11) is 0. The van der Waals surface area contributed by atoms with Crippen molar-refractivity contribution in [2.75, 3.05) is 13.2 Å². The van der Waals surface area contributed by atoms with E-state index in [0.29, 0.717) is 19.3 Å². The van der Waals surface area contributed by atoms with Crippen LogP contribution in [0.2, 0.25) is 0 Å². The van der Waals surface area contributed by atoms with Gasteiger partial charge in [0, 0.05) is 19.3 Å². The number of hydrogen-bond donors (Lipinski definition) is 0. The molecule has 0 aromatic carbocycles. The first-order valence-electron chi connectivity index (χ1n) is 32.5. The number of allylic oxidation sites excluding steroid dienone is 26. The van der Waals surface area contributed by atoms with E-state index in [4.69, 9.17) is 14.2 Å². The molecule has 0 rings (SSSR count). The Bertz CT molecular complexity index is 1790. The van der Waals surface area contributed by atoms with Crippen molar-refractivity contribution in [2.45, 2.75) is 277 Å². The summed E-state index contributed by atoms with van der Waals surface area (Å²) in [5.41, 5.74) is 0. The minimum atomic E-state index is -0.803. The Morgan fingerprint density at radius 3 is 0.762 bits per heavy atom. The van der Waals surface area contributed by atoms with Crippen molar-refractivity contribution >= 4 is 17.9 Å². The second kappa shape index (κ2) is 66.5. The largest absolute Gasteiger partial charge is 0.462 e. The van der Waals surface area contributed by atoms with Crippen molar-refractivity contribution in [1.82, 2.24) is 0 Å². The van der Waals surface area contributed by atoms with Gasteiger partial charge >= 0.3 is 17.9 Å². The van der Waals surface area contributed by atoms with Gasteiger partial charge in [-0.2, -0.15) is 0 Å². The molecule has 450 valence electrons. The quantitative estimate of drug-likeness (QED) is 0.0261. The second-order valence-corrected chi connectivity index (χ2v) is 20.9. The van der Waals surface area contributed by atoms with Crippen LogP contribution in [-0.4, -0.2) is 37.2 Å². The Morgan fingerprint density at radius 2 is 0.487 bits per heavy atom. The summed E-state index contributed by atoms with van der Waals surface area (Å²) >= 11 is 0. The van der Waals surface area contributed by atoms with Crippen molar-refractivity contribution in [2.24, 2.45) is 0 Å². The molecule has 0 aliphatic heterocycles. The fourth-order valence-electron chi connectivity index (χ4n) is 8.48. The van der Waals surface area contributed by atoms with Crippen LogP contribution >= 0.6 is 0 Å². The lowest BCUT2D eigenvalue weighted by molar-refractivity contribution is -0.167. The van der Waals surface area contributed by atoms with E-state index in [-0.39, 0.29) is 31.1 Å². The minimum absolute atomic E-state index is 0.0964. The SMILES string of the molecule is CC/C=C\C/C=C\C/C=C\C/C=C\C/C=C\C/C=C\C/C=C\C/C=C\C/C=C\C/C=C\CCCCCCC(=O)OCC(COC(=O)CCCCCCCCCCCCCC)OC(=O)CCCCCCC/C=C\C/C=C\C/C=C\CC. The highest BCUT2D eigenvalue weighted by molar-refractivity contribution is 5.71. The van der Waals surface area contributed by atoms with E-state index in [0.717, 1.165) is 173 Å². The van der Waals surface area contributed by atoms with Crippen LogP contribution in [0.25, 0.3) is 0 Å². The first-order chi connectivity index (χ1) is 39.5. The molecule has 0 aliphatic carbocycles. The van der Waals surface area contributed by atoms with Gasteiger partial charge in [0.2, 0.25) is 0 Å². The fourth-order valence-corrected chi connectivity index (χ4v) is 8.48. The Morgan fingerprint density at radius 1 is 0.263 bits per heavy atom. The Balaban J connectivity index is 4.32. The predicted octanol–water partition coefficient (Wildman–Crippen LogP) is 22.5. The smallest absolute Gasteiger partial charge is 0.306 e. The number of carbonyl (C=O) groups excluding carboxylic acids is 3. The van der Waals surface area contributed by atoms with Gasteiger partial charge in [0.1, 0.15) is 13.2 Å². The average molecular weight is 1100 g/mol. The molecule has 0 saturated carbocycles. The molecule has 0 radical (unpaired) electrons. The summed E-state index contributed by atoms with van der Waals surface area (Å²) in [6.45, 7) is 6.37. The molecule has 0 fully saturated rings. The highest BCUT2D eigenvalue weighted by atomic mass is 16.6. The van der Waals surface area contributed by atoms with Crippen molar-refractivity contribution in [3.8, 4) is 0 Å². The molecule has 80 heavy (non-hydrogen) atoms. The van der Waals surface area contributed by atoms with Gasteiger partial charge < -0.3 is 14.2 Å². The predicted molar refractivity (Wildman–Crippen MR) is 348 cm³/mol. The molecule has 0 N–H and O–H groups in total. The number of ether oxygens (including phenoxy) is 3. The lowest BCUT2D eigenvalue weighted by Crippen LogP contribution is -2.30. The van der Waals surface area contributed by atoms with Crippen molar-refractivity contribution in [3.63, 3.8) is 0 Å². The molecule has 0 aromatic heterocycles. The van der Waals surface area contributed by atoms with Crippen LogP contribution in [0.15, 0.2) is 158 Å². The normalized spacial score (nSPS) is 13.2. The molecule has 0 bridgehead atoms. The zero-order valence-corrected chi connectivity index (χ0v) is 51.5. The minimum Gasteiger partial charge on any atom is -0.462 e. The van der Waals surface area contributed by atoms with E-state index >= 15 is 0 Å². The third-order valence-corrected chi connectivity index (χ3v) is 13.3. The first-order valence-corrected chi connectivity index (χ1v) is 32.5. The molecule has 0 aliphatic rings. The average Bonchev–Trinajstić information content (AvgIpc) is 3.46. The zero-order valence-electron chi connectivity index (χ0n) is 51.5. The van der Waals surface area contributed by atoms with Gasteiger partial charge in [-0.15, -0.1) is 0 Å². The third kappa shape index (κ3) is 63.9. The van der Waals surface area contributed by atoms with Crippen molar-refractivity contribution in [3.05, 3.63) is 158 Å². The van der Waals surface area contributed by atoms with Gasteiger partial charge in [-0.05, 0) is 128 Å². The fraction of sp³-hybridized carbons (Fsp3) is 0.608. The summed E-state index contributed by atoms with van der Waals surface area (Å²) < 4.78 is 16.9. The van der Waals surface area contributed by atoms with E-state index in [9.17, 15) is 14.4 Å². The molecule has 0 amide bonds. The van der Waals surface area contributed by atoms with Gasteiger partial charge in [-0.25, -0.2) is 0 Å². The molecule has 0 saturated heterocycles. The summed E-state index contributed by atoms with van der Waals surface area (Å²) in [5.74, 6) is -0.942. The van der Waals surface area contributed by atoms with Gasteiger partial charge in [0.05, 0.1) is 0 Å². The van der Waals surface area contributed by atoms with Crippen LogP contribution in [0.5, 0.6) is 0 Å². The summed E-state index contributed by atoms with van der Waals surface area (Å²) in [6, 6.07) is 0. The number of esters is 3. The molecule has 6 heteroatoms. The maximum absolute atomic E-state index is 12.9. The van der Waals surface area contributed by atoms with Crippen molar-refractivity contribution in [1.29, 1.82) is 0 Å². The van der Waals surface area contributed by atoms with Crippen LogP contribution in [0, 0.1) is 0 Å². The van der Waals surface area contributed by atoms with Crippen LogP contribution in [0.3, 0.4) is 0 Å². The second-order valence-electron chi connectivity index (χ2n) is 20.9. The van der Waals surface area contributed by atoms with Gasteiger partial charge in [-0.3, -0.25) is 14.4 Å². The molecule has 0 aromatic rings. The summed E-state index contributed by atoms with van der Waals surface area (Å²) in [4.78, 5) is 38.2. The van der Waals surface area contributed by atoms with Gasteiger partial charge in [-0.1, -0.05) is 281 Å². The maximum Gasteiger partial charge on any atom is 0.306 e. The lowest BCUT2D eigenvalue weighted by Gasteiger charge is -2.18. The number of carbonyl (C=O) groups is 3. The van der Waals surface area contributed by atoms with Crippen molar-refractivity contribution < 1.29 is 28.6 Å².